The average Bonchev–Trinajstić information content (AvgIpc) is 2.24. The summed E-state index contributed by atoms with van der Waals surface area (Å²) in [5.74, 6) is 7.73. The molecule has 44 valence electrons. The van der Waals surface area contributed by atoms with E-state index in [4.69, 9.17) is 0 Å². The molecule has 1 heterocycles. The summed E-state index contributed by atoms with van der Waals surface area (Å²) in [6.45, 7) is 0. The van der Waals surface area contributed by atoms with Crippen LogP contribution in [0.25, 0.3) is 0 Å². The number of hydrazine groups is 1. The van der Waals surface area contributed by atoms with Crippen molar-refractivity contribution < 1.29 is 4.79 Å². The maximum atomic E-state index is 9.90. The first kappa shape index (κ1) is 6.93. The highest BCUT2D eigenvalue weighted by molar-refractivity contribution is 5.89. The number of hydrogen-bond donors (Lipinski definition) is 2. The second-order valence-electron chi connectivity index (χ2n) is 0.869. The summed E-state index contributed by atoms with van der Waals surface area (Å²) in [5.41, 5.74) is 0. The van der Waals surface area contributed by atoms with E-state index in [0.717, 1.165) is 0 Å². The molecule has 1 aliphatic heterocycles. The predicted octanol–water partition coefficient (Wildman–Crippen LogP) is -0.689. The van der Waals surface area contributed by atoms with Crippen LogP contribution in [0.4, 0.5) is 0 Å². The molecule has 5 heteroatoms. The number of carbonyl (C=O) groups is 1. The van der Waals surface area contributed by atoms with E-state index < -0.39 is 0 Å². The average molecular weight is 114 g/mol. The Labute approximate surface area is 46.0 Å². The van der Waals surface area contributed by atoms with Gasteiger partial charge in [-0.3, -0.25) is 16.5 Å². The molecule has 0 aromatic carbocycles. The van der Waals surface area contributed by atoms with Crippen LogP contribution in [0.3, 0.4) is 0 Å². The number of nitrogens with zero attached hydrogens (tertiary/aromatic N) is 2. The highest BCUT2D eigenvalue weighted by Crippen LogP contribution is 1.90. The Balaban J connectivity index is 0.000000222. The summed E-state index contributed by atoms with van der Waals surface area (Å²) in [6, 6.07) is 0. The molecule has 5 nitrogen and oxygen atoms in total. The first-order chi connectivity index (χ1) is 3.89. The minimum atomic E-state index is -0.269. The zero-order valence-corrected chi connectivity index (χ0v) is 4.11. The first-order valence-corrected chi connectivity index (χ1v) is 1.84. The molecule has 0 aromatic rings. The van der Waals surface area contributed by atoms with Crippen molar-refractivity contribution in [2.75, 3.05) is 0 Å². The minimum Gasteiger partial charge on any atom is -0.274 e. The summed E-state index contributed by atoms with van der Waals surface area (Å²) < 4.78 is 0. The molecular formula is C3H6N4O. The topological polar surface area (TPSA) is 93.8 Å². The second kappa shape index (κ2) is 4.10. The van der Waals surface area contributed by atoms with E-state index in [1.54, 1.807) is 0 Å². The maximum absolute atomic E-state index is 9.90. The summed E-state index contributed by atoms with van der Waals surface area (Å²) in [4.78, 5) is 9.90. The molecule has 0 unspecified atom stereocenters. The normalized spacial score (nSPS) is 13.5. The van der Waals surface area contributed by atoms with Crippen LogP contribution in [0.5, 0.6) is 0 Å². The molecule has 0 atom stereocenters. The van der Waals surface area contributed by atoms with Crippen LogP contribution in [0, 0.1) is 0 Å². The minimum absolute atomic E-state index is 0.269. The van der Waals surface area contributed by atoms with Gasteiger partial charge in [-0.15, -0.1) is 5.11 Å². The van der Waals surface area contributed by atoms with Gasteiger partial charge < -0.3 is 0 Å². The smallest absolute Gasteiger partial charge is 0.274 e. The third kappa shape index (κ3) is 2.17. The molecule has 0 saturated carbocycles. The zero-order chi connectivity index (χ0) is 6.41. The molecule has 0 aliphatic carbocycles. The van der Waals surface area contributed by atoms with Crippen molar-refractivity contribution in [1.82, 2.24) is 0 Å². The van der Waals surface area contributed by atoms with E-state index in [1.165, 1.54) is 12.3 Å². The zero-order valence-electron chi connectivity index (χ0n) is 4.11. The van der Waals surface area contributed by atoms with Gasteiger partial charge in [0, 0.05) is 6.08 Å². The largest absolute Gasteiger partial charge is 0.289 e. The van der Waals surface area contributed by atoms with Crippen LogP contribution in [0.2, 0.25) is 0 Å². The monoisotopic (exact) mass is 114 g/mol. The molecule has 0 aromatic heterocycles. The summed E-state index contributed by atoms with van der Waals surface area (Å²) >= 11 is 0. The van der Waals surface area contributed by atoms with Gasteiger partial charge in [-0.1, -0.05) is 0 Å². The van der Waals surface area contributed by atoms with Crippen molar-refractivity contribution >= 4 is 5.91 Å². The van der Waals surface area contributed by atoms with Gasteiger partial charge in [0.25, 0.3) is 5.91 Å². The third-order valence-electron chi connectivity index (χ3n) is 0.440. The number of nitrogens with two attached hydrogens (primary N) is 2. The Morgan fingerprint density at radius 2 is 2.12 bits per heavy atom. The van der Waals surface area contributed by atoms with Crippen molar-refractivity contribution in [2.24, 2.45) is 21.9 Å². The van der Waals surface area contributed by atoms with Crippen molar-refractivity contribution in [3.8, 4) is 0 Å². The Hall–Kier alpha value is -1.07. The molecule has 4 N–H and O–H groups in total. The fourth-order valence-electron chi connectivity index (χ4n) is 0.221. The number of carbonyl (C=O) groups excluding carboxylic acids is 1. The lowest BCUT2D eigenvalue weighted by molar-refractivity contribution is -0.113. The van der Waals surface area contributed by atoms with Gasteiger partial charge in [0.15, 0.2) is 0 Å². The molecule has 0 fully saturated rings. The molecule has 1 amide bonds. The first-order valence-electron chi connectivity index (χ1n) is 1.84. The van der Waals surface area contributed by atoms with Crippen LogP contribution in [0.1, 0.15) is 0 Å². The lowest BCUT2D eigenvalue weighted by Crippen LogP contribution is -2.02. The van der Waals surface area contributed by atoms with E-state index in [0.29, 0.717) is 0 Å². The molecule has 0 spiro atoms. The van der Waals surface area contributed by atoms with E-state index in [1.807, 2.05) is 0 Å². The Morgan fingerprint density at radius 1 is 1.50 bits per heavy atom. The fraction of sp³-hybridized carbons (Fsp3) is 0. The fourth-order valence-corrected chi connectivity index (χ4v) is 0.221. The lowest BCUT2D eigenvalue weighted by Gasteiger charge is -1.59. The van der Waals surface area contributed by atoms with E-state index >= 15 is 0 Å². The van der Waals surface area contributed by atoms with Gasteiger partial charge in [-0.2, -0.15) is 5.11 Å². The van der Waals surface area contributed by atoms with Crippen LogP contribution in [0.15, 0.2) is 22.5 Å². The summed E-state index contributed by atoms with van der Waals surface area (Å²) in [7, 11) is 0. The lowest BCUT2D eigenvalue weighted by atomic mass is 10.6. The molecular weight excluding hydrogens is 108 g/mol. The number of hydrogen-bond acceptors (Lipinski definition) is 4. The van der Waals surface area contributed by atoms with Crippen molar-refractivity contribution in [3.05, 3.63) is 12.3 Å². The van der Waals surface area contributed by atoms with Crippen molar-refractivity contribution in [2.45, 2.75) is 0 Å². The van der Waals surface area contributed by atoms with Gasteiger partial charge in [0.05, 0.1) is 6.20 Å². The maximum Gasteiger partial charge on any atom is 0.289 e. The van der Waals surface area contributed by atoms with Crippen LogP contribution < -0.4 is 11.7 Å². The summed E-state index contributed by atoms with van der Waals surface area (Å²) in [5, 5.41) is 6.37. The highest BCUT2D eigenvalue weighted by Gasteiger charge is 1.92. The van der Waals surface area contributed by atoms with E-state index in [9.17, 15) is 4.79 Å². The van der Waals surface area contributed by atoms with Gasteiger partial charge in [-0.05, 0) is 0 Å². The molecule has 8 heavy (non-hydrogen) atoms. The number of azo groups is 1. The predicted molar refractivity (Wildman–Crippen MR) is 27.4 cm³/mol. The van der Waals surface area contributed by atoms with Crippen molar-refractivity contribution in [3.63, 3.8) is 0 Å². The molecule has 0 saturated heterocycles. The highest BCUT2D eigenvalue weighted by atomic mass is 16.1. The summed E-state index contributed by atoms with van der Waals surface area (Å²) in [6.07, 6.45) is 2.67. The SMILES string of the molecule is NN.O=C1C=CN=N1. The molecule has 0 bridgehead atoms. The van der Waals surface area contributed by atoms with Crippen molar-refractivity contribution in [1.29, 1.82) is 0 Å². The Morgan fingerprint density at radius 3 is 2.25 bits per heavy atom. The van der Waals surface area contributed by atoms with Gasteiger partial charge >= 0.3 is 0 Å². The number of rotatable bonds is 0. The molecule has 1 aliphatic rings. The Bertz CT molecular complexity index is 113. The van der Waals surface area contributed by atoms with Crippen LogP contribution in [-0.4, -0.2) is 5.91 Å². The van der Waals surface area contributed by atoms with Crippen LogP contribution in [-0.2, 0) is 4.79 Å². The van der Waals surface area contributed by atoms with Gasteiger partial charge in [-0.25, -0.2) is 0 Å². The van der Waals surface area contributed by atoms with Crippen LogP contribution >= 0.6 is 0 Å². The van der Waals surface area contributed by atoms with Gasteiger partial charge in [0.2, 0.25) is 0 Å². The quantitative estimate of drug-likeness (QED) is 0.322. The third-order valence-corrected chi connectivity index (χ3v) is 0.440. The second-order valence-corrected chi connectivity index (χ2v) is 0.869. The standard InChI is InChI=1S/C3H2N2O.H4N2/c6-3-1-2-4-5-3;1-2/h1-2H;1-2H2. The van der Waals surface area contributed by atoms with Gasteiger partial charge in [0.1, 0.15) is 0 Å². The molecule has 1 rings (SSSR count). The number of amides is 1. The molecule has 0 radical (unpaired) electrons. The van der Waals surface area contributed by atoms with E-state index in [2.05, 4.69) is 21.9 Å². The van der Waals surface area contributed by atoms with E-state index in [-0.39, 0.29) is 5.91 Å². The Kier molecular flexibility index (Phi) is 3.55.